The molecule has 0 aromatic heterocycles. The van der Waals surface area contributed by atoms with Gasteiger partial charge in [-0.1, -0.05) is 33.1 Å². The van der Waals surface area contributed by atoms with Crippen LogP contribution in [0.4, 0.5) is 4.79 Å². The molecule has 0 spiro atoms. The van der Waals surface area contributed by atoms with Gasteiger partial charge in [0.15, 0.2) is 0 Å². The van der Waals surface area contributed by atoms with Gasteiger partial charge in [-0.2, -0.15) is 0 Å². The number of nitrogens with one attached hydrogen (secondary N) is 2. The first-order valence-corrected chi connectivity index (χ1v) is 13.5. The number of hydrogen-bond acceptors (Lipinski definition) is 7. The maximum Gasteiger partial charge on any atom is 0.408 e. The van der Waals surface area contributed by atoms with E-state index in [4.69, 9.17) is 4.74 Å². The number of piperidine rings is 1. The second kappa shape index (κ2) is 9.58. The first-order chi connectivity index (χ1) is 17.2. The molecule has 3 saturated carbocycles. The van der Waals surface area contributed by atoms with E-state index in [1.54, 1.807) is 25.7 Å². The molecule has 0 radical (unpaired) electrons. The molecule has 4 atom stereocenters. The Labute approximate surface area is 218 Å². The zero-order valence-corrected chi connectivity index (χ0v) is 22.8. The Morgan fingerprint density at radius 2 is 1.62 bits per heavy atom. The molecule has 2 N–H and O–H groups in total. The van der Waals surface area contributed by atoms with Crippen LogP contribution in [0.1, 0.15) is 79.6 Å². The van der Waals surface area contributed by atoms with Crippen LogP contribution in [-0.4, -0.2) is 71.4 Å². The molecule has 0 aromatic rings. The fourth-order valence-electron chi connectivity index (χ4n) is 6.41. The van der Waals surface area contributed by atoms with Crippen molar-refractivity contribution in [3.05, 3.63) is 0 Å². The number of esters is 1. The van der Waals surface area contributed by atoms with Gasteiger partial charge in [-0.05, 0) is 69.6 Å². The van der Waals surface area contributed by atoms with E-state index in [2.05, 4.69) is 29.2 Å². The molecule has 37 heavy (non-hydrogen) atoms. The normalized spacial score (nSPS) is 28.4. The van der Waals surface area contributed by atoms with Crippen molar-refractivity contribution >= 4 is 29.7 Å². The molecule has 3 aliphatic carbocycles. The Balaban J connectivity index is 1.56. The van der Waals surface area contributed by atoms with Crippen molar-refractivity contribution in [3.8, 4) is 0 Å². The number of Topliss-reactive ketones (excluding diaryl/α,β-unsaturated/α-hetero) is 1. The Morgan fingerprint density at radius 1 is 1.00 bits per heavy atom. The number of ketones is 1. The summed E-state index contributed by atoms with van der Waals surface area (Å²) < 4.78 is 10.0. The molecule has 4 rings (SSSR count). The minimum atomic E-state index is -1.26. The Morgan fingerprint density at radius 3 is 2.16 bits per heavy atom. The second-order valence-electron chi connectivity index (χ2n) is 12.8. The van der Waals surface area contributed by atoms with E-state index >= 15 is 0 Å². The topological polar surface area (TPSA) is 131 Å². The highest BCUT2D eigenvalue weighted by Crippen LogP contribution is 2.65. The van der Waals surface area contributed by atoms with Crippen molar-refractivity contribution in [1.29, 1.82) is 0 Å². The Hall–Kier alpha value is -2.65. The molecular formula is C27H41N3O7. The number of rotatable bonds is 7. The third-order valence-corrected chi connectivity index (χ3v) is 8.74. The molecule has 1 aliphatic heterocycles. The number of amides is 3. The first kappa shape index (κ1) is 27.4. The van der Waals surface area contributed by atoms with Gasteiger partial charge in [-0.25, -0.2) is 9.59 Å². The summed E-state index contributed by atoms with van der Waals surface area (Å²) in [6.07, 6.45) is 4.73. The van der Waals surface area contributed by atoms with Crippen LogP contribution < -0.4 is 10.6 Å². The molecule has 4 aliphatic rings. The summed E-state index contributed by atoms with van der Waals surface area (Å²) in [6, 6.07) is -1.57. The number of alkyl carbamates (subject to hydrolysis) is 1. The molecule has 4 fully saturated rings. The minimum Gasteiger partial charge on any atom is -0.463 e. The average molecular weight is 520 g/mol. The van der Waals surface area contributed by atoms with E-state index < -0.39 is 47.0 Å². The number of carbonyl (C=O) groups excluding carboxylic acids is 5. The summed E-state index contributed by atoms with van der Waals surface area (Å²) in [5.41, 5.74) is -2.09. The smallest absolute Gasteiger partial charge is 0.408 e. The van der Waals surface area contributed by atoms with E-state index in [-0.39, 0.29) is 29.1 Å². The first-order valence-electron chi connectivity index (χ1n) is 13.5. The molecule has 1 unspecified atom stereocenters. The number of methoxy groups -OCH3 is 1. The molecule has 206 valence electrons. The Kier molecular flexibility index (Phi) is 7.09. The highest BCUT2D eigenvalue weighted by atomic mass is 16.6. The van der Waals surface area contributed by atoms with Gasteiger partial charge in [0.2, 0.25) is 11.8 Å². The van der Waals surface area contributed by atoms with Crippen LogP contribution >= 0.6 is 0 Å². The summed E-state index contributed by atoms with van der Waals surface area (Å²) in [4.78, 5) is 66.4. The maximum atomic E-state index is 14.0. The van der Waals surface area contributed by atoms with Crippen LogP contribution in [0.2, 0.25) is 0 Å². The van der Waals surface area contributed by atoms with Crippen molar-refractivity contribution in [2.45, 2.75) is 103 Å². The lowest BCUT2D eigenvalue weighted by Crippen LogP contribution is -2.60. The van der Waals surface area contributed by atoms with Crippen molar-refractivity contribution in [2.24, 2.45) is 23.2 Å². The molecule has 1 saturated heterocycles. The molecule has 10 heteroatoms. The summed E-state index contributed by atoms with van der Waals surface area (Å²) in [7, 11) is 1.13. The number of nitrogens with zero attached hydrogens (tertiary/aromatic N) is 1. The molecule has 1 heterocycles. The van der Waals surface area contributed by atoms with E-state index in [0.29, 0.717) is 19.4 Å². The fourth-order valence-corrected chi connectivity index (χ4v) is 6.41. The zero-order valence-electron chi connectivity index (χ0n) is 22.8. The molecular weight excluding hydrogens is 478 g/mol. The van der Waals surface area contributed by atoms with Crippen LogP contribution in [0.15, 0.2) is 0 Å². The number of ether oxygens (including phenoxy) is 2. The summed E-state index contributed by atoms with van der Waals surface area (Å²) in [5, 5.41) is 5.63. The summed E-state index contributed by atoms with van der Waals surface area (Å²) in [5.74, 6) is -2.43. The number of fused-ring (bicyclic) bond motifs is 1. The number of hydrogen-bond donors (Lipinski definition) is 2. The highest BCUT2D eigenvalue weighted by Gasteiger charge is 2.70. The van der Waals surface area contributed by atoms with Gasteiger partial charge in [0.05, 0.1) is 7.11 Å². The molecule has 0 aromatic carbocycles. The number of carbonyl (C=O) groups is 5. The number of likely N-dealkylation sites (tertiary alicyclic amines) is 1. The highest BCUT2D eigenvalue weighted by molar-refractivity contribution is 6.38. The largest absolute Gasteiger partial charge is 0.463 e. The Bertz CT molecular complexity index is 975. The van der Waals surface area contributed by atoms with E-state index in [1.165, 1.54) is 0 Å². The van der Waals surface area contributed by atoms with E-state index in [1.807, 2.05) is 0 Å². The SMILES string of the molecule is COC(=O)C(=O)C1(NC(=O)[C@@H]2[C@@H]3C(CN2C(=O)[C@@H](NC(=O)OC(C)(C)C)C2CCCCC2)C3(C)C)CC1. The predicted octanol–water partition coefficient (Wildman–Crippen LogP) is 2.33. The fraction of sp³-hybridized carbons (Fsp3) is 0.815. The van der Waals surface area contributed by atoms with E-state index in [9.17, 15) is 24.0 Å². The lowest BCUT2D eigenvalue weighted by atomic mass is 9.83. The van der Waals surface area contributed by atoms with Crippen LogP contribution in [-0.2, 0) is 28.7 Å². The second-order valence-corrected chi connectivity index (χ2v) is 12.8. The third-order valence-electron chi connectivity index (χ3n) is 8.74. The molecule has 10 nitrogen and oxygen atoms in total. The van der Waals surface area contributed by atoms with Gasteiger partial charge in [0, 0.05) is 6.54 Å². The summed E-state index contributed by atoms with van der Waals surface area (Å²) in [6.45, 7) is 9.87. The monoisotopic (exact) mass is 519 g/mol. The maximum absolute atomic E-state index is 14.0. The zero-order chi connectivity index (χ0) is 27.3. The summed E-state index contributed by atoms with van der Waals surface area (Å²) >= 11 is 0. The van der Waals surface area contributed by atoms with Crippen LogP contribution in [0.5, 0.6) is 0 Å². The predicted molar refractivity (Wildman–Crippen MR) is 133 cm³/mol. The van der Waals surface area contributed by atoms with Crippen molar-refractivity contribution < 1.29 is 33.4 Å². The quantitative estimate of drug-likeness (QED) is 0.390. The van der Waals surface area contributed by atoms with Crippen molar-refractivity contribution in [2.75, 3.05) is 13.7 Å². The van der Waals surface area contributed by atoms with Gasteiger partial charge in [-0.15, -0.1) is 0 Å². The van der Waals surface area contributed by atoms with Gasteiger partial charge in [0.1, 0.15) is 23.2 Å². The van der Waals surface area contributed by atoms with Gasteiger partial charge in [0.25, 0.3) is 5.78 Å². The van der Waals surface area contributed by atoms with Gasteiger partial charge in [-0.3, -0.25) is 14.4 Å². The van der Waals surface area contributed by atoms with Gasteiger partial charge < -0.3 is 25.0 Å². The average Bonchev–Trinajstić information content (AvgIpc) is 3.64. The molecule has 3 amide bonds. The van der Waals surface area contributed by atoms with Crippen LogP contribution in [0, 0.1) is 23.2 Å². The van der Waals surface area contributed by atoms with E-state index in [0.717, 1.165) is 39.2 Å². The lowest BCUT2D eigenvalue weighted by Gasteiger charge is -2.37. The van der Waals surface area contributed by atoms with Gasteiger partial charge >= 0.3 is 12.1 Å². The lowest BCUT2D eigenvalue weighted by molar-refractivity contribution is -0.154. The standard InChI is InChI=1S/C27H41N3O7/c1-25(2,3)37-24(35)28-18(15-10-8-7-9-11-15)22(33)30-14-16-17(26(16,4)5)19(30)21(32)29-27(12-13-27)20(31)23(34)36-6/h15-19H,7-14H2,1-6H3,(H,28,35)(H,29,32)/t16?,17-,18-,19-/m0/s1. The molecule has 0 bridgehead atoms. The minimum absolute atomic E-state index is 0.0434. The van der Waals surface area contributed by atoms with Crippen LogP contribution in [0.25, 0.3) is 0 Å². The van der Waals surface area contributed by atoms with Crippen LogP contribution in [0.3, 0.4) is 0 Å². The van der Waals surface area contributed by atoms with Crippen molar-refractivity contribution in [1.82, 2.24) is 15.5 Å². The third kappa shape index (κ3) is 5.34. The van der Waals surface area contributed by atoms with Crippen molar-refractivity contribution in [3.63, 3.8) is 0 Å².